The number of halogens is 1. The van der Waals surface area contributed by atoms with Crippen molar-refractivity contribution >= 4 is 45.4 Å². The zero-order valence-corrected chi connectivity index (χ0v) is 13.6. The Hall–Kier alpha value is -1.62. The minimum atomic E-state index is 0.984. The van der Waals surface area contributed by atoms with Crippen molar-refractivity contribution in [2.45, 2.75) is 6.92 Å². The molecule has 3 rings (SSSR count). The summed E-state index contributed by atoms with van der Waals surface area (Å²) >= 11 is 2.30. The smallest absolute Gasteiger partial charge is 0.0630 e. The lowest BCUT2D eigenvalue weighted by molar-refractivity contribution is 0.917. The number of aryl methyl sites for hydroxylation is 1. The van der Waals surface area contributed by atoms with Crippen LogP contribution in [0.15, 0.2) is 53.5 Å². The molecular formula is C17H15IN2. The van der Waals surface area contributed by atoms with Gasteiger partial charge in [-0.3, -0.25) is 4.99 Å². The lowest BCUT2D eigenvalue weighted by Gasteiger charge is -1.97. The predicted molar refractivity (Wildman–Crippen MR) is 94.1 cm³/mol. The molecule has 100 valence electrons. The van der Waals surface area contributed by atoms with Crippen LogP contribution in [0.1, 0.15) is 11.3 Å². The maximum absolute atomic E-state index is 4.60. The molecule has 2 aromatic carbocycles. The van der Waals surface area contributed by atoms with Crippen molar-refractivity contribution in [2.75, 3.05) is 0 Å². The van der Waals surface area contributed by atoms with Gasteiger partial charge >= 0.3 is 0 Å². The van der Waals surface area contributed by atoms with Crippen LogP contribution in [-0.4, -0.2) is 10.8 Å². The summed E-state index contributed by atoms with van der Waals surface area (Å²) in [6.45, 7) is 2.13. The summed E-state index contributed by atoms with van der Waals surface area (Å²) in [5.74, 6) is 0. The van der Waals surface area contributed by atoms with Crippen LogP contribution in [-0.2, 0) is 7.05 Å². The van der Waals surface area contributed by atoms with Crippen LogP contribution in [0.5, 0.6) is 0 Å². The number of aromatic nitrogens is 1. The van der Waals surface area contributed by atoms with Crippen LogP contribution < -0.4 is 0 Å². The van der Waals surface area contributed by atoms with Gasteiger partial charge in [0.25, 0.3) is 0 Å². The van der Waals surface area contributed by atoms with E-state index in [0.717, 1.165) is 5.69 Å². The first-order chi connectivity index (χ1) is 9.66. The molecule has 0 spiro atoms. The zero-order valence-electron chi connectivity index (χ0n) is 11.5. The molecule has 3 aromatic rings. The fourth-order valence-electron chi connectivity index (χ4n) is 2.38. The maximum atomic E-state index is 4.60. The van der Waals surface area contributed by atoms with Gasteiger partial charge in [-0.15, -0.1) is 0 Å². The quantitative estimate of drug-likeness (QED) is 0.451. The maximum Gasteiger partial charge on any atom is 0.0630 e. The molecule has 0 aliphatic heterocycles. The Labute approximate surface area is 132 Å². The van der Waals surface area contributed by atoms with Crippen LogP contribution >= 0.6 is 22.6 Å². The number of rotatable bonds is 2. The second kappa shape index (κ2) is 5.40. The van der Waals surface area contributed by atoms with E-state index in [0.29, 0.717) is 0 Å². The number of hydrogen-bond donors (Lipinski definition) is 0. The highest BCUT2D eigenvalue weighted by Gasteiger charge is 2.08. The van der Waals surface area contributed by atoms with Gasteiger partial charge in [-0.05, 0) is 59.8 Å². The van der Waals surface area contributed by atoms with E-state index in [4.69, 9.17) is 0 Å². The summed E-state index contributed by atoms with van der Waals surface area (Å²) in [6.07, 6.45) is 1.97. The van der Waals surface area contributed by atoms with Crippen molar-refractivity contribution in [1.29, 1.82) is 0 Å². The van der Waals surface area contributed by atoms with E-state index in [1.54, 1.807) is 0 Å². The van der Waals surface area contributed by atoms with Gasteiger partial charge in [-0.1, -0.05) is 18.2 Å². The lowest BCUT2D eigenvalue weighted by atomic mass is 10.1. The van der Waals surface area contributed by atoms with Gasteiger partial charge in [0.2, 0.25) is 0 Å². The molecular weight excluding hydrogens is 359 g/mol. The van der Waals surface area contributed by atoms with Crippen molar-refractivity contribution in [1.82, 2.24) is 4.57 Å². The van der Waals surface area contributed by atoms with E-state index in [-0.39, 0.29) is 0 Å². The largest absolute Gasteiger partial charge is 0.347 e. The molecule has 0 aliphatic rings. The summed E-state index contributed by atoms with van der Waals surface area (Å²) in [4.78, 5) is 4.60. The highest BCUT2D eigenvalue weighted by molar-refractivity contribution is 14.1. The number of benzene rings is 2. The number of aliphatic imine (C=N–C) groups is 1. The number of hydrogen-bond acceptors (Lipinski definition) is 1. The van der Waals surface area contributed by atoms with Gasteiger partial charge in [0.15, 0.2) is 0 Å². The van der Waals surface area contributed by atoms with Crippen LogP contribution in [0.25, 0.3) is 10.9 Å². The number of nitrogens with zero attached hydrogens (tertiary/aromatic N) is 2. The summed E-state index contributed by atoms with van der Waals surface area (Å²) < 4.78 is 3.44. The monoisotopic (exact) mass is 374 g/mol. The molecule has 0 fully saturated rings. The Morgan fingerprint density at radius 3 is 2.50 bits per heavy atom. The van der Waals surface area contributed by atoms with Crippen molar-refractivity contribution in [3.63, 3.8) is 0 Å². The Kier molecular flexibility index (Phi) is 3.61. The average molecular weight is 374 g/mol. The molecule has 0 bridgehead atoms. The Morgan fingerprint density at radius 1 is 1.05 bits per heavy atom. The lowest BCUT2D eigenvalue weighted by Crippen LogP contribution is -1.91. The predicted octanol–water partition coefficient (Wildman–Crippen LogP) is 4.84. The average Bonchev–Trinajstić information content (AvgIpc) is 2.71. The van der Waals surface area contributed by atoms with Crippen molar-refractivity contribution < 1.29 is 0 Å². The SMILES string of the molecule is Cc1c(C=Nc2ccc(I)cc2)c2ccccc2n1C. The van der Waals surface area contributed by atoms with Gasteiger partial charge in [-0.25, -0.2) is 0 Å². The summed E-state index contributed by atoms with van der Waals surface area (Å²) in [5.41, 5.74) is 4.66. The van der Waals surface area contributed by atoms with E-state index in [1.807, 2.05) is 18.3 Å². The van der Waals surface area contributed by atoms with E-state index in [9.17, 15) is 0 Å². The highest BCUT2D eigenvalue weighted by atomic mass is 127. The highest BCUT2D eigenvalue weighted by Crippen LogP contribution is 2.24. The fraction of sp³-hybridized carbons (Fsp3) is 0.118. The molecule has 0 radical (unpaired) electrons. The second-order valence-corrected chi connectivity index (χ2v) is 6.06. The Morgan fingerprint density at radius 2 is 1.75 bits per heavy atom. The Bertz CT molecular complexity index is 783. The Balaban J connectivity index is 2.06. The molecule has 0 saturated heterocycles. The molecule has 0 atom stereocenters. The van der Waals surface area contributed by atoms with Gasteiger partial charge < -0.3 is 4.57 Å². The minimum Gasteiger partial charge on any atom is -0.347 e. The zero-order chi connectivity index (χ0) is 14.1. The molecule has 0 N–H and O–H groups in total. The van der Waals surface area contributed by atoms with Gasteiger partial charge in [0.1, 0.15) is 0 Å². The van der Waals surface area contributed by atoms with Crippen LogP contribution in [0, 0.1) is 10.5 Å². The molecule has 20 heavy (non-hydrogen) atoms. The molecule has 0 amide bonds. The van der Waals surface area contributed by atoms with Gasteiger partial charge in [0.05, 0.1) is 5.69 Å². The molecule has 0 unspecified atom stereocenters. The number of para-hydroxylation sites is 1. The number of fused-ring (bicyclic) bond motifs is 1. The van der Waals surface area contributed by atoms with E-state index < -0.39 is 0 Å². The van der Waals surface area contributed by atoms with Crippen molar-refractivity contribution in [3.05, 3.63) is 63.4 Å². The van der Waals surface area contributed by atoms with E-state index in [1.165, 1.54) is 25.7 Å². The van der Waals surface area contributed by atoms with E-state index >= 15 is 0 Å². The van der Waals surface area contributed by atoms with Crippen molar-refractivity contribution in [3.8, 4) is 0 Å². The molecule has 3 heteroatoms. The fourth-order valence-corrected chi connectivity index (χ4v) is 2.74. The van der Waals surface area contributed by atoms with Crippen LogP contribution in [0.4, 0.5) is 5.69 Å². The van der Waals surface area contributed by atoms with Crippen LogP contribution in [0.2, 0.25) is 0 Å². The molecule has 1 aromatic heterocycles. The summed E-state index contributed by atoms with van der Waals surface area (Å²) in [6, 6.07) is 16.7. The first-order valence-electron chi connectivity index (χ1n) is 6.50. The molecule has 1 heterocycles. The summed E-state index contributed by atoms with van der Waals surface area (Å²) in [5, 5.41) is 1.25. The normalized spacial score (nSPS) is 11.6. The molecule has 2 nitrogen and oxygen atoms in total. The van der Waals surface area contributed by atoms with Crippen molar-refractivity contribution in [2.24, 2.45) is 12.0 Å². The second-order valence-electron chi connectivity index (χ2n) is 4.81. The topological polar surface area (TPSA) is 17.3 Å². The third kappa shape index (κ3) is 2.38. The molecule has 0 saturated carbocycles. The third-order valence-electron chi connectivity index (χ3n) is 3.62. The molecule has 0 aliphatic carbocycles. The van der Waals surface area contributed by atoms with Crippen LogP contribution in [0.3, 0.4) is 0 Å². The summed E-state index contributed by atoms with van der Waals surface area (Å²) in [7, 11) is 2.10. The first kappa shape index (κ1) is 13.4. The third-order valence-corrected chi connectivity index (χ3v) is 4.34. The standard InChI is InChI=1S/C17H15IN2/c1-12-16(11-19-14-9-7-13(18)8-10-14)15-5-3-4-6-17(15)20(12)2/h3-11H,1-2H3. The van der Waals surface area contributed by atoms with Gasteiger partial charge in [0, 0.05) is 39.0 Å². The minimum absolute atomic E-state index is 0.984. The van der Waals surface area contributed by atoms with Gasteiger partial charge in [-0.2, -0.15) is 0 Å². The first-order valence-corrected chi connectivity index (χ1v) is 7.58. The van der Waals surface area contributed by atoms with E-state index in [2.05, 4.69) is 82.5 Å².